The van der Waals surface area contributed by atoms with E-state index in [0.717, 1.165) is 6.42 Å². The molecule has 0 fully saturated rings. The van der Waals surface area contributed by atoms with Gasteiger partial charge >= 0.3 is 0 Å². The number of benzene rings is 2. The number of carbonyl (C=O) groups is 1. The molecule has 0 bridgehead atoms. The molecule has 22 heavy (non-hydrogen) atoms. The average Bonchev–Trinajstić information content (AvgIpc) is 2.47. The molecule has 2 aromatic carbocycles. The minimum atomic E-state index is -0.184. The fourth-order valence-electron chi connectivity index (χ4n) is 1.91. The zero-order chi connectivity index (χ0) is 15.9. The molecule has 0 atom stereocenters. The summed E-state index contributed by atoms with van der Waals surface area (Å²) in [7, 11) is 0. The highest BCUT2D eigenvalue weighted by atomic mass is 35.5. The van der Waals surface area contributed by atoms with Crippen LogP contribution in [0.1, 0.15) is 30.6 Å². The summed E-state index contributed by atoms with van der Waals surface area (Å²) in [5, 5.41) is 3.41. The molecule has 0 radical (unpaired) electrons. The lowest BCUT2D eigenvalue weighted by Crippen LogP contribution is -2.12. The molecule has 1 N–H and O–H groups in total. The topological polar surface area (TPSA) is 38.3 Å². The lowest BCUT2D eigenvalue weighted by molar-refractivity contribution is 0.102. The predicted molar refractivity (Wildman–Crippen MR) is 90.8 cm³/mol. The highest BCUT2D eigenvalue weighted by Gasteiger charge is 2.08. The molecule has 2 rings (SSSR count). The first-order valence-electron chi connectivity index (χ1n) is 7.34. The van der Waals surface area contributed by atoms with Crippen LogP contribution in [-0.2, 0) is 0 Å². The summed E-state index contributed by atoms with van der Waals surface area (Å²) >= 11 is 5.91. The third kappa shape index (κ3) is 5.08. The molecule has 0 saturated heterocycles. The summed E-state index contributed by atoms with van der Waals surface area (Å²) in [6, 6.07) is 14.3. The third-order valence-corrected chi connectivity index (χ3v) is 3.38. The van der Waals surface area contributed by atoms with Crippen molar-refractivity contribution in [1.82, 2.24) is 0 Å². The lowest BCUT2D eigenvalue weighted by Gasteiger charge is -2.10. The van der Waals surface area contributed by atoms with Gasteiger partial charge in [0.2, 0.25) is 0 Å². The molecule has 0 aliphatic heterocycles. The van der Waals surface area contributed by atoms with Crippen LogP contribution in [0.15, 0.2) is 48.5 Å². The Kier molecular flexibility index (Phi) is 5.84. The SMILES string of the molecule is CC(C)CCOc1cccc(C(=O)Nc2cccc(Cl)c2)c1. The van der Waals surface area contributed by atoms with Gasteiger partial charge in [-0.3, -0.25) is 4.79 Å². The quantitative estimate of drug-likeness (QED) is 0.812. The Bertz CT molecular complexity index is 640. The fraction of sp³-hybridized carbons (Fsp3) is 0.278. The molecule has 4 heteroatoms. The Balaban J connectivity index is 2.00. The van der Waals surface area contributed by atoms with Crippen LogP contribution in [0.5, 0.6) is 5.75 Å². The van der Waals surface area contributed by atoms with Gasteiger partial charge in [-0.05, 0) is 48.7 Å². The van der Waals surface area contributed by atoms with E-state index < -0.39 is 0 Å². The summed E-state index contributed by atoms with van der Waals surface area (Å²) in [6.07, 6.45) is 0.985. The van der Waals surface area contributed by atoms with Crippen molar-refractivity contribution in [3.63, 3.8) is 0 Å². The van der Waals surface area contributed by atoms with Gasteiger partial charge in [0.15, 0.2) is 0 Å². The van der Waals surface area contributed by atoms with Gasteiger partial charge in [0.25, 0.3) is 5.91 Å². The summed E-state index contributed by atoms with van der Waals surface area (Å²) < 4.78 is 5.68. The maximum atomic E-state index is 12.2. The lowest BCUT2D eigenvalue weighted by atomic mass is 10.1. The van der Waals surface area contributed by atoms with Crippen LogP contribution in [0.3, 0.4) is 0 Å². The second-order valence-electron chi connectivity index (χ2n) is 5.52. The Morgan fingerprint density at radius 3 is 2.68 bits per heavy atom. The largest absolute Gasteiger partial charge is 0.494 e. The summed E-state index contributed by atoms with van der Waals surface area (Å²) in [6.45, 7) is 4.95. The Morgan fingerprint density at radius 1 is 1.18 bits per heavy atom. The number of hydrogen-bond acceptors (Lipinski definition) is 2. The van der Waals surface area contributed by atoms with E-state index in [1.807, 2.05) is 12.1 Å². The van der Waals surface area contributed by atoms with Gasteiger partial charge < -0.3 is 10.1 Å². The first-order valence-corrected chi connectivity index (χ1v) is 7.72. The predicted octanol–water partition coefficient (Wildman–Crippen LogP) is 5.02. The van der Waals surface area contributed by atoms with Gasteiger partial charge in [0.1, 0.15) is 5.75 Å². The van der Waals surface area contributed by atoms with Crippen molar-refractivity contribution < 1.29 is 9.53 Å². The van der Waals surface area contributed by atoms with Crippen molar-refractivity contribution in [1.29, 1.82) is 0 Å². The van der Waals surface area contributed by atoms with Crippen LogP contribution in [0.4, 0.5) is 5.69 Å². The molecule has 1 amide bonds. The Hall–Kier alpha value is -2.00. The van der Waals surface area contributed by atoms with Crippen LogP contribution in [-0.4, -0.2) is 12.5 Å². The van der Waals surface area contributed by atoms with E-state index in [-0.39, 0.29) is 5.91 Å². The second kappa shape index (κ2) is 7.85. The van der Waals surface area contributed by atoms with Gasteiger partial charge in [-0.15, -0.1) is 0 Å². The van der Waals surface area contributed by atoms with Crippen molar-refractivity contribution >= 4 is 23.2 Å². The first-order chi connectivity index (χ1) is 10.5. The summed E-state index contributed by atoms with van der Waals surface area (Å²) in [5.41, 5.74) is 1.23. The highest BCUT2D eigenvalue weighted by Crippen LogP contribution is 2.18. The highest BCUT2D eigenvalue weighted by molar-refractivity contribution is 6.30. The van der Waals surface area contributed by atoms with E-state index in [1.54, 1.807) is 36.4 Å². The van der Waals surface area contributed by atoms with Crippen LogP contribution in [0.2, 0.25) is 5.02 Å². The van der Waals surface area contributed by atoms with E-state index in [2.05, 4.69) is 19.2 Å². The van der Waals surface area contributed by atoms with E-state index in [4.69, 9.17) is 16.3 Å². The number of ether oxygens (including phenoxy) is 1. The van der Waals surface area contributed by atoms with Gasteiger partial charge in [-0.25, -0.2) is 0 Å². The zero-order valence-corrected chi connectivity index (χ0v) is 13.6. The van der Waals surface area contributed by atoms with Crippen molar-refractivity contribution in [2.24, 2.45) is 5.92 Å². The summed E-state index contributed by atoms with van der Waals surface area (Å²) in [5.74, 6) is 1.12. The maximum absolute atomic E-state index is 12.2. The molecule has 116 valence electrons. The van der Waals surface area contributed by atoms with Gasteiger partial charge in [0, 0.05) is 16.3 Å². The molecule has 0 saturated carbocycles. The molecule has 0 aliphatic rings. The van der Waals surface area contributed by atoms with E-state index in [0.29, 0.717) is 34.5 Å². The van der Waals surface area contributed by atoms with Gasteiger partial charge in [0.05, 0.1) is 6.61 Å². The maximum Gasteiger partial charge on any atom is 0.255 e. The van der Waals surface area contributed by atoms with Crippen molar-refractivity contribution in [2.45, 2.75) is 20.3 Å². The Labute approximate surface area is 136 Å². The Morgan fingerprint density at radius 2 is 1.95 bits per heavy atom. The van der Waals surface area contributed by atoms with E-state index in [1.165, 1.54) is 0 Å². The number of nitrogens with one attached hydrogen (secondary N) is 1. The number of amides is 1. The molecule has 2 aromatic rings. The summed E-state index contributed by atoms with van der Waals surface area (Å²) in [4.78, 5) is 12.2. The van der Waals surface area contributed by atoms with Crippen LogP contribution >= 0.6 is 11.6 Å². The van der Waals surface area contributed by atoms with Crippen LogP contribution in [0, 0.1) is 5.92 Å². The second-order valence-corrected chi connectivity index (χ2v) is 5.96. The normalized spacial score (nSPS) is 10.5. The third-order valence-electron chi connectivity index (χ3n) is 3.14. The van der Waals surface area contributed by atoms with E-state index in [9.17, 15) is 4.79 Å². The molecular formula is C18H20ClNO2. The number of halogens is 1. The number of rotatable bonds is 6. The van der Waals surface area contributed by atoms with Crippen LogP contribution < -0.4 is 10.1 Å². The number of hydrogen-bond donors (Lipinski definition) is 1. The number of anilines is 1. The van der Waals surface area contributed by atoms with Crippen molar-refractivity contribution in [3.8, 4) is 5.75 Å². The molecule has 0 unspecified atom stereocenters. The standard InChI is InChI=1S/C18H20ClNO2/c1-13(2)9-10-22-17-8-3-5-14(11-17)18(21)20-16-7-4-6-15(19)12-16/h3-8,11-13H,9-10H2,1-2H3,(H,20,21). The van der Waals surface area contributed by atoms with Gasteiger partial charge in [-0.1, -0.05) is 37.6 Å². The fourth-order valence-corrected chi connectivity index (χ4v) is 2.10. The minimum absolute atomic E-state index is 0.184. The molecule has 0 aromatic heterocycles. The van der Waals surface area contributed by atoms with E-state index >= 15 is 0 Å². The monoisotopic (exact) mass is 317 g/mol. The number of carbonyl (C=O) groups excluding carboxylic acids is 1. The molecule has 0 aliphatic carbocycles. The first kappa shape index (κ1) is 16.4. The molecule has 0 heterocycles. The zero-order valence-electron chi connectivity index (χ0n) is 12.8. The van der Waals surface area contributed by atoms with Gasteiger partial charge in [-0.2, -0.15) is 0 Å². The van der Waals surface area contributed by atoms with Crippen molar-refractivity contribution in [2.75, 3.05) is 11.9 Å². The van der Waals surface area contributed by atoms with Crippen molar-refractivity contribution in [3.05, 3.63) is 59.1 Å². The molecule has 0 spiro atoms. The van der Waals surface area contributed by atoms with Crippen LogP contribution in [0.25, 0.3) is 0 Å². The molecular weight excluding hydrogens is 298 g/mol. The average molecular weight is 318 g/mol. The molecule has 3 nitrogen and oxygen atoms in total. The smallest absolute Gasteiger partial charge is 0.255 e. The minimum Gasteiger partial charge on any atom is -0.494 e.